The van der Waals surface area contributed by atoms with Crippen LogP contribution in [0.4, 0.5) is 0 Å². The number of aryl methyl sites for hydroxylation is 1. The number of H-pyrrole nitrogens is 1. The number of hydrogen-bond acceptors (Lipinski definition) is 3. The number of methoxy groups -OCH3 is 1. The summed E-state index contributed by atoms with van der Waals surface area (Å²) in [7, 11) is 1.59. The average molecular weight is 313 g/mol. The zero-order chi connectivity index (χ0) is 16.2. The number of nitrogens with zero attached hydrogens (tertiary/aromatic N) is 2. The lowest BCUT2D eigenvalue weighted by atomic mass is 9.94. The van der Waals surface area contributed by atoms with Gasteiger partial charge in [-0.05, 0) is 31.4 Å². The number of aromatic amines is 1. The minimum Gasteiger partial charge on any atom is -0.367 e. The van der Waals surface area contributed by atoms with Gasteiger partial charge in [-0.1, -0.05) is 30.3 Å². The molecule has 2 heterocycles. The third-order valence-electron chi connectivity index (χ3n) is 4.44. The van der Waals surface area contributed by atoms with Crippen molar-refractivity contribution in [2.24, 2.45) is 0 Å². The van der Waals surface area contributed by atoms with Crippen molar-refractivity contribution in [1.82, 2.24) is 15.1 Å². The molecule has 0 spiro atoms. The first-order valence-corrected chi connectivity index (χ1v) is 8.07. The Balaban J connectivity index is 1.73. The number of carbonyl (C=O) groups is 1. The number of rotatable bonds is 4. The first-order valence-electron chi connectivity index (χ1n) is 8.07. The Kier molecular flexibility index (Phi) is 4.76. The van der Waals surface area contributed by atoms with Crippen molar-refractivity contribution in [2.75, 3.05) is 20.2 Å². The van der Waals surface area contributed by atoms with Gasteiger partial charge in [0.05, 0.1) is 5.69 Å². The fraction of sp³-hybridized carbons (Fsp3) is 0.444. The Morgan fingerprint density at radius 3 is 2.83 bits per heavy atom. The van der Waals surface area contributed by atoms with Gasteiger partial charge in [-0.15, -0.1) is 0 Å². The van der Waals surface area contributed by atoms with Crippen molar-refractivity contribution < 1.29 is 9.53 Å². The third kappa shape index (κ3) is 3.45. The number of carbonyl (C=O) groups excluding carboxylic acids is 1. The van der Waals surface area contributed by atoms with Gasteiger partial charge in [-0.2, -0.15) is 5.10 Å². The van der Waals surface area contributed by atoms with E-state index in [1.807, 2.05) is 42.2 Å². The molecule has 2 aromatic rings. The van der Waals surface area contributed by atoms with E-state index in [2.05, 4.69) is 16.3 Å². The molecule has 122 valence electrons. The molecule has 0 radical (unpaired) electrons. The van der Waals surface area contributed by atoms with Gasteiger partial charge in [0.1, 0.15) is 0 Å². The predicted molar refractivity (Wildman–Crippen MR) is 88.1 cm³/mol. The van der Waals surface area contributed by atoms with E-state index in [-0.39, 0.29) is 5.91 Å². The summed E-state index contributed by atoms with van der Waals surface area (Å²) in [5.41, 5.74) is 3.01. The van der Waals surface area contributed by atoms with Gasteiger partial charge >= 0.3 is 0 Å². The molecule has 1 saturated heterocycles. The van der Waals surface area contributed by atoms with E-state index in [0.29, 0.717) is 12.5 Å². The second kappa shape index (κ2) is 6.96. The van der Waals surface area contributed by atoms with Gasteiger partial charge in [0.15, 0.2) is 6.10 Å². The third-order valence-corrected chi connectivity index (χ3v) is 4.44. The Morgan fingerprint density at radius 2 is 2.17 bits per heavy atom. The van der Waals surface area contributed by atoms with E-state index in [0.717, 1.165) is 36.3 Å². The van der Waals surface area contributed by atoms with Crippen LogP contribution in [0.3, 0.4) is 0 Å². The second-order valence-corrected chi connectivity index (χ2v) is 6.13. The molecule has 1 aromatic carbocycles. The number of ether oxygens (including phenoxy) is 1. The van der Waals surface area contributed by atoms with E-state index in [1.54, 1.807) is 7.11 Å². The fourth-order valence-electron chi connectivity index (χ4n) is 3.24. The number of amides is 1. The lowest BCUT2D eigenvalue weighted by Crippen LogP contribution is -2.42. The number of aromatic nitrogens is 2. The number of benzene rings is 1. The van der Waals surface area contributed by atoms with E-state index in [1.165, 1.54) is 0 Å². The van der Waals surface area contributed by atoms with E-state index >= 15 is 0 Å². The van der Waals surface area contributed by atoms with Crippen molar-refractivity contribution in [3.63, 3.8) is 0 Å². The summed E-state index contributed by atoms with van der Waals surface area (Å²) in [4.78, 5) is 14.8. The molecule has 1 aliphatic rings. The maximum Gasteiger partial charge on any atom is 0.256 e. The summed E-state index contributed by atoms with van der Waals surface area (Å²) in [5, 5.41) is 7.35. The summed E-state index contributed by atoms with van der Waals surface area (Å²) < 4.78 is 5.48. The molecular formula is C18H23N3O2. The molecule has 23 heavy (non-hydrogen) atoms. The first kappa shape index (κ1) is 15.7. The van der Waals surface area contributed by atoms with Gasteiger partial charge in [0, 0.05) is 31.8 Å². The molecule has 1 aliphatic heterocycles. The number of likely N-dealkylation sites (tertiary alicyclic amines) is 1. The highest BCUT2D eigenvalue weighted by molar-refractivity contribution is 5.82. The van der Waals surface area contributed by atoms with Crippen LogP contribution >= 0.6 is 0 Å². The first-order chi connectivity index (χ1) is 11.2. The summed E-state index contributed by atoms with van der Waals surface area (Å²) in [6.07, 6.45) is 1.53. The topological polar surface area (TPSA) is 58.2 Å². The number of nitrogens with one attached hydrogen (secondary N) is 1. The summed E-state index contributed by atoms with van der Waals surface area (Å²) >= 11 is 0. The zero-order valence-corrected chi connectivity index (χ0v) is 13.7. The van der Waals surface area contributed by atoms with Crippen LogP contribution in [0.5, 0.6) is 0 Å². The molecule has 0 aliphatic carbocycles. The van der Waals surface area contributed by atoms with E-state index < -0.39 is 6.10 Å². The molecule has 2 unspecified atom stereocenters. The van der Waals surface area contributed by atoms with Crippen LogP contribution in [0.1, 0.15) is 41.8 Å². The SMILES string of the molecule is COC(C(=O)N1CCCC(c2cc(C)[nH]n2)C1)c1ccccc1. The van der Waals surface area contributed by atoms with Crippen LogP contribution in [-0.4, -0.2) is 41.2 Å². The monoisotopic (exact) mass is 313 g/mol. The zero-order valence-electron chi connectivity index (χ0n) is 13.7. The minimum atomic E-state index is -0.532. The van der Waals surface area contributed by atoms with Crippen molar-refractivity contribution >= 4 is 5.91 Å². The van der Waals surface area contributed by atoms with Crippen LogP contribution in [0, 0.1) is 6.92 Å². The van der Waals surface area contributed by atoms with Crippen LogP contribution in [0.25, 0.3) is 0 Å². The summed E-state index contributed by atoms with van der Waals surface area (Å²) in [6.45, 7) is 3.49. The average Bonchev–Trinajstić information content (AvgIpc) is 3.03. The molecular weight excluding hydrogens is 290 g/mol. The molecule has 0 bridgehead atoms. The molecule has 3 rings (SSSR count). The van der Waals surface area contributed by atoms with E-state index in [9.17, 15) is 4.79 Å². The standard InChI is InChI=1S/C18H23N3O2/c1-13-11-16(20-19-13)15-9-6-10-21(12-15)18(22)17(23-2)14-7-4-3-5-8-14/h3-5,7-8,11,15,17H,6,9-10,12H2,1-2H3,(H,19,20). The smallest absolute Gasteiger partial charge is 0.256 e. The second-order valence-electron chi connectivity index (χ2n) is 6.13. The lowest BCUT2D eigenvalue weighted by Gasteiger charge is -2.34. The molecule has 5 nitrogen and oxygen atoms in total. The van der Waals surface area contributed by atoms with Crippen LogP contribution in [0.2, 0.25) is 0 Å². The van der Waals surface area contributed by atoms with Crippen molar-refractivity contribution in [3.05, 3.63) is 53.3 Å². The predicted octanol–water partition coefficient (Wildman–Crippen LogP) is 2.81. The largest absolute Gasteiger partial charge is 0.367 e. The number of hydrogen-bond donors (Lipinski definition) is 1. The Labute approximate surface area is 136 Å². The lowest BCUT2D eigenvalue weighted by molar-refractivity contribution is -0.143. The maximum absolute atomic E-state index is 12.9. The van der Waals surface area contributed by atoms with Gasteiger partial charge in [-0.25, -0.2) is 0 Å². The Morgan fingerprint density at radius 1 is 1.39 bits per heavy atom. The highest BCUT2D eigenvalue weighted by atomic mass is 16.5. The summed E-state index contributed by atoms with van der Waals surface area (Å²) in [5.74, 6) is 0.335. The van der Waals surface area contributed by atoms with Gasteiger partial charge in [0.2, 0.25) is 0 Å². The molecule has 2 atom stereocenters. The van der Waals surface area contributed by atoms with Crippen molar-refractivity contribution in [2.45, 2.75) is 31.8 Å². The Hall–Kier alpha value is -2.14. The molecule has 1 N–H and O–H groups in total. The Bertz CT molecular complexity index is 653. The maximum atomic E-state index is 12.9. The van der Waals surface area contributed by atoms with E-state index in [4.69, 9.17) is 4.74 Å². The molecule has 0 saturated carbocycles. The molecule has 1 amide bonds. The quantitative estimate of drug-likeness (QED) is 0.944. The highest BCUT2D eigenvalue weighted by Crippen LogP contribution is 2.28. The van der Waals surface area contributed by atoms with Crippen LogP contribution < -0.4 is 0 Å². The molecule has 1 fully saturated rings. The van der Waals surface area contributed by atoms with Gasteiger partial charge in [-0.3, -0.25) is 9.89 Å². The van der Waals surface area contributed by atoms with Crippen LogP contribution in [0.15, 0.2) is 36.4 Å². The normalized spacial score (nSPS) is 19.6. The van der Waals surface area contributed by atoms with Crippen molar-refractivity contribution in [1.29, 1.82) is 0 Å². The van der Waals surface area contributed by atoms with Gasteiger partial charge in [0.25, 0.3) is 5.91 Å². The minimum absolute atomic E-state index is 0.0376. The fourth-order valence-corrected chi connectivity index (χ4v) is 3.24. The molecule has 1 aromatic heterocycles. The number of piperidine rings is 1. The summed E-state index contributed by atoms with van der Waals surface area (Å²) in [6, 6.07) is 11.7. The van der Waals surface area contributed by atoms with Crippen molar-refractivity contribution in [3.8, 4) is 0 Å². The highest BCUT2D eigenvalue weighted by Gasteiger charge is 2.31. The van der Waals surface area contributed by atoms with Gasteiger partial charge < -0.3 is 9.64 Å². The van der Waals surface area contributed by atoms with Crippen LogP contribution in [-0.2, 0) is 9.53 Å². The molecule has 5 heteroatoms.